The van der Waals surface area contributed by atoms with E-state index in [2.05, 4.69) is 42.1 Å². The highest BCUT2D eigenvalue weighted by molar-refractivity contribution is 9.10. The average molecular weight is 523 g/mol. The lowest BCUT2D eigenvalue weighted by Gasteiger charge is -2.23. The van der Waals surface area contributed by atoms with Crippen molar-refractivity contribution in [3.05, 3.63) is 58.0 Å². The fraction of sp³-hybridized carbons (Fsp3) is 0.238. The quantitative estimate of drug-likeness (QED) is 0.366. The van der Waals surface area contributed by atoms with Gasteiger partial charge < -0.3 is 10.6 Å². The van der Waals surface area contributed by atoms with E-state index < -0.39 is 12.1 Å². The van der Waals surface area contributed by atoms with Crippen LogP contribution >= 0.6 is 38.9 Å². The number of aromatic nitrogens is 2. The van der Waals surface area contributed by atoms with E-state index in [9.17, 15) is 9.59 Å². The largest absolute Gasteiger partial charge is 0.326 e. The number of anilines is 2. The lowest BCUT2D eigenvalue weighted by Crippen LogP contribution is -2.49. The van der Waals surface area contributed by atoms with Crippen LogP contribution in [0.3, 0.4) is 0 Å². The van der Waals surface area contributed by atoms with Crippen molar-refractivity contribution in [3.63, 3.8) is 0 Å². The maximum Gasteiger partial charge on any atom is 0.319 e. The fourth-order valence-electron chi connectivity index (χ4n) is 2.74. The molecule has 3 rings (SSSR count). The molecular formula is C21H21BrClN5O2S. The number of carbonyl (C=O) groups is 2. The fourth-order valence-corrected chi connectivity index (χ4v) is 3.94. The molecule has 3 aromatic rings. The van der Waals surface area contributed by atoms with Crippen LogP contribution in [0.25, 0.3) is 10.6 Å². The number of nitrogens with zero attached hydrogens (tertiary/aromatic N) is 2. The molecule has 31 heavy (non-hydrogen) atoms. The Labute approximate surface area is 197 Å². The number of halogens is 2. The van der Waals surface area contributed by atoms with E-state index in [-0.39, 0.29) is 11.8 Å². The Hall–Kier alpha value is -2.49. The molecule has 2 atom stereocenters. The summed E-state index contributed by atoms with van der Waals surface area (Å²) in [5, 5.41) is 18.0. The Morgan fingerprint density at radius 2 is 1.87 bits per heavy atom. The number of urea groups is 1. The van der Waals surface area contributed by atoms with Gasteiger partial charge in [-0.3, -0.25) is 10.1 Å². The van der Waals surface area contributed by atoms with Gasteiger partial charge in [0.15, 0.2) is 0 Å². The van der Waals surface area contributed by atoms with Crippen LogP contribution in [0.5, 0.6) is 0 Å². The Balaban J connectivity index is 1.67. The van der Waals surface area contributed by atoms with E-state index in [1.807, 2.05) is 38.1 Å². The molecule has 0 saturated heterocycles. The van der Waals surface area contributed by atoms with E-state index in [4.69, 9.17) is 11.6 Å². The highest BCUT2D eigenvalue weighted by Gasteiger charge is 2.27. The number of hydrogen-bond acceptors (Lipinski definition) is 5. The molecular weight excluding hydrogens is 502 g/mol. The molecule has 1 aromatic heterocycles. The average Bonchev–Trinajstić information content (AvgIpc) is 3.21. The number of rotatable bonds is 7. The van der Waals surface area contributed by atoms with Gasteiger partial charge in [-0.25, -0.2) is 4.79 Å². The predicted molar refractivity (Wildman–Crippen MR) is 129 cm³/mol. The highest BCUT2D eigenvalue weighted by Crippen LogP contribution is 2.28. The first-order chi connectivity index (χ1) is 14.9. The zero-order valence-corrected chi connectivity index (χ0v) is 20.0. The summed E-state index contributed by atoms with van der Waals surface area (Å²) in [7, 11) is 0. The molecule has 0 saturated carbocycles. The van der Waals surface area contributed by atoms with Gasteiger partial charge in [0.2, 0.25) is 11.0 Å². The zero-order chi connectivity index (χ0) is 22.4. The molecule has 0 spiro atoms. The lowest BCUT2D eigenvalue weighted by molar-refractivity contribution is -0.119. The number of carbonyl (C=O) groups excluding carboxylic acids is 2. The smallest absolute Gasteiger partial charge is 0.319 e. The maximum atomic E-state index is 12.9. The molecule has 162 valence electrons. The van der Waals surface area contributed by atoms with Gasteiger partial charge in [-0.2, -0.15) is 0 Å². The molecule has 0 radical (unpaired) electrons. The van der Waals surface area contributed by atoms with Crippen molar-refractivity contribution in [2.24, 2.45) is 5.92 Å². The lowest BCUT2D eigenvalue weighted by atomic mass is 9.98. The topological polar surface area (TPSA) is 96.0 Å². The Morgan fingerprint density at radius 1 is 1.13 bits per heavy atom. The van der Waals surface area contributed by atoms with Crippen LogP contribution in [-0.4, -0.2) is 28.2 Å². The van der Waals surface area contributed by atoms with Crippen molar-refractivity contribution in [2.45, 2.75) is 26.3 Å². The summed E-state index contributed by atoms with van der Waals surface area (Å²) in [5.74, 6) is -0.440. The molecule has 0 fully saturated rings. The standard InChI is InChI=1S/C21H21BrClN5O2S/c1-3-12(2)17(25-20(30)24-16-9-7-14(22)8-10-16)18(29)26-21-28-27-19(31-21)13-5-4-6-15(23)11-13/h4-12,17H,3H2,1-2H3,(H2,24,25,30)(H,26,28,29)/t12-,17+/m0/s1. The molecule has 7 nitrogen and oxygen atoms in total. The van der Waals surface area contributed by atoms with Crippen molar-refractivity contribution >= 4 is 61.6 Å². The van der Waals surface area contributed by atoms with Crippen LogP contribution in [0, 0.1) is 5.92 Å². The third kappa shape index (κ3) is 6.49. The van der Waals surface area contributed by atoms with E-state index in [0.717, 1.165) is 10.0 Å². The minimum atomic E-state index is -0.737. The van der Waals surface area contributed by atoms with Crippen molar-refractivity contribution in [1.82, 2.24) is 15.5 Å². The van der Waals surface area contributed by atoms with Gasteiger partial charge in [-0.05, 0) is 42.3 Å². The van der Waals surface area contributed by atoms with Gasteiger partial charge >= 0.3 is 6.03 Å². The van der Waals surface area contributed by atoms with E-state index in [0.29, 0.717) is 27.3 Å². The van der Waals surface area contributed by atoms with Crippen molar-refractivity contribution in [1.29, 1.82) is 0 Å². The van der Waals surface area contributed by atoms with E-state index in [1.54, 1.807) is 24.3 Å². The predicted octanol–water partition coefficient (Wildman–Crippen LogP) is 5.80. The first-order valence-corrected chi connectivity index (χ1v) is 11.6. The highest BCUT2D eigenvalue weighted by atomic mass is 79.9. The Bertz CT molecular complexity index is 1060. The van der Waals surface area contributed by atoms with Crippen LogP contribution in [0.4, 0.5) is 15.6 Å². The molecule has 0 aliphatic rings. The second-order valence-electron chi connectivity index (χ2n) is 6.88. The van der Waals surface area contributed by atoms with Crippen LogP contribution in [0.1, 0.15) is 20.3 Å². The third-order valence-corrected chi connectivity index (χ3v) is 6.26. The summed E-state index contributed by atoms with van der Waals surface area (Å²) < 4.78 is 0.907. The van der Waals surface area contributed by atoms with Crippen LogP contribution in [-0.2, 0) is 4.79 Å². The van der Waals surface area contributed by atoms with Gasteiger partial charge in [0.25, 0.3) is 0 Å². The zero-order valence-electron chi connectivity index (χ0n) is 16.9. The van der Waals surface area contributed by atoms with Crippen LogP contribution in [0.15, 0.2) is 53.0 Å². The van der Waals surface area contributed by atoms with Gasteiger partial charge in [-0.1, -0.05) is 71.3 Å². The molecule has 0 aliphatic carbocycles. The first-order valence-electron chi connectivity index (χ1n) is 9.59. The summed E-state index contributed by atoms with van der Waals surface area (Å²) in [5.41, 5.74) is 1.44. The summed E-state index contributed by atoms with van der Waals surface area (Å²) >= 11 is 10.6. The summed E-state index contributed by atoms with van der Waals surface area (Å²) in [6.07, 6.45) is 0.709. The normalized spacial score (nSPS) is 12.6. The van der Waals surface area contributed by atoms with Crippen LogP contribution < -0.4 is 16.0 Å². The van der Waals surface area contributed by atoms with Crippen LogP contribution in [0.2, 0.25) is 5.02 Å². The summed E-state index contributed by atoms with van der Waals surface area (Å²) in [4.78, 5) is 25.4. The van der Waals surface area contributed by atoms with Gasteiger partial charge in [0.1, 0.15) is 11.0 Å². The van der Waals surface area contributed by atoms with E-state index >= 15 is 0 Å². The monoisotopic (exact) mass is 521 g/mol. The molecule has 2 aromatic carbocycles. The number of hydrogen-bond donors (Lipinski definition) is 3. The molecule has 0 aliphatic heterocycles. The minimum absolute atomic E-state index is 0.0870. The minimum Gasteiger partial charge on any atom is -0.326 e. The first kappa shape index (κ1) is 23.2. The molecule has 10 heteroatoms. The van der Waals surface area contributed by atoms with Crippen molar-refractivity contribution < 1.29 is 9.59 Å². The molecule has 1 heterocycles. The second kappa shape index (κ2) is 10.7. The molecule has 0 bridgehead atoms. The number of nitrogens with one attached hydrogen (secondary N) is 3. The van der Waals surface area contributed by atoms with Gasteiger partial charge in [-0.15, -0.1) is 10.2 Å². The third-order valence-electron chi connectivity index (χ3n) is 4.61. The number of amides is 3. The molecule has 3 N–H and O–H groups in total. The molecule has 0 unspecified atom stereocenters. The summed E-state index contributed by atoms with van der Waals surface area (Å²) in [6, 6.07) is 13.2. The Morgan fingerprint density at radius 3 is 2.55 bits per heavy atom. The SMILES string of the molecule is CC[C@H](C)[C@@H](NC(=O)Nc1ccc(Br)cc1)C(=O)Nc1nnc(-c2cccc(Cl)c2)s1. The van der Waals surface area contributed by atoms with E-state index in [1.165, 1.54) is 11.3 Å². The number of benzene rings is 2. The van der Waals surface area contributed by atoms with Crippen molar-refractivity contribution in [2.75, 3.05) is 10.6 Å². The summed E-state index contributed by atoms with van der Waals surface area (Å²) in [6.45, 7) is 3.86. The van der Waals surface area contributed by atoms with Gasteiger partial charge in [0.05, 0.1) is 0 Å². The van der Waals surface area contributed by atoms with Crippen molar-refractivity contribution in [3.8, 4) is 10.6 Å². The Kier molecular flexibility index (Phi) is 8.00. The van der Waals surface area contributed by atoms with Gasteiger partial charge in [0, 0.05) is 20.7 Å². The molecule has 3 amide bonds. The second-order valence-corrected chi connectivity index (χ2v) is 9.21. The maximum absolute atomic E-state index is 12.9.